The lowest BCUT2D eigenvalue weighted by Gasteiger charge is -2.21. The van der Waals surface area contributed by atoms with Crippen molar-refractivity contribution in [1.82, 2.24) is 4.72 Å². The van der Waals surface area contributed by atoms with Crippen LogP contribution in [-0.4, -0.2) is 20.2 Å². The Bertz CT molecular complexity index is 546. The average Bonchev–Trinajstić information content (AvgIpc) is 2.32. The number of rotatable bonds is 3. The van der Waals surface area contributed by atoms with E-state index in [9.17, 15) is 17.6 Å². The third-order valence-electron chi connectivity index (χ3n) is 2.97. The fraction of sp³-hybridized carbons (Fsp3) is 0.417. The van der Waals surface area contributed by atoms with Gasteiger partial charge in [-0.25, -0.2) is 17.5 Å². The quantitative estimate of drug-likeness (QED) is 0.908. The van der Waals surface area contributed by atoms with Gasteiger partial charge in [0, 0.05) is 18.9 Å². The molecule has 6 heteroatoms. The maximum absolute atomic E-state index is 13.0. The lowest BCUT2D eigenvalue weighted by atomic mass is 9.95. The topological polar surface area (TPSA) is 63.2 Å². The van der Waals surface area contributed by atoms with Gasteiger partial charge in [-0.15, -0.1) is 0 Å². The molecule has 0 aliphatic heterocycles. The molecule has 4 nitrogen and oxygen atoms in total. The number of benzene rings is 1. The van der Waals surface area contributed by atoms with Crippen molar-refractivity contribution in [2.45, 2.75) is 36.6 Å². The van der Waals surface area contributed by atoms with Crippen LogP contribution in [0.2, 0.25) is 0 Å². The van der Waals surface area contributed by atoms with Gasteiger partial charge in [-0.3, -0.25) is 4.79 Å². The van der Waals surface area contributed by atoms with Gasteiger partial charge in [0.2, 0.25) is 10.0 Å². The minimum absolute atomic E-state index is 0.0839. The number of sulfonamides is 1. The van der Waals surface area contributed by atoms with Gasteiger partial charge in [-0.05, 0) is 31.0 Å². The molecule has 1 aliphatic rings. The Morgan fingerprint density at radius 1 is 1.22 bits per heavy atom. The Hall–Kier alpha value is -1.27. The summed E-state index contributed by atoms with van der Waals surface area (Å²) in [5, 5.41) is 0. The van der Waals surface area contributed by atoms with E-state index in [-0.39, 0.29) is 16.7 Å². The molecule has 18 heavy (non-hydrogen) atoms. The molecular formula is C12H14FNO3S. The minimum atomic E-state index is -3.70. The molecule has 1 aliphatic carbocycles. The van der Waals surface area contributed by atoms with Crippen LogP contribution in [0.3, 0.4) is 0 Å². The van der Waals surface area contributed by atoms with Crippen molar-refractivity contribution in [1.29, 1.82) is 0 Å². The standard InChI is InChI=1S/C12H14FNO3S/c13-9-2-1-3-12(8-9)18(16,17)14-10-4-6-11(15)7-5-10/h1-3,8,10,14H,4-7H2. The molecule has 0 amide bonds. The molecule has 0 atom stereocenters. The van der Waals surface area contributed by atoms with Gasteiger partial charge in [0.05, 0.1) is 4.90 Å². The van der Waals surface area contributed by atoms with Gasteiger partial charge >= 0.3 is 0 Å². The number of Topliss-reactive ketones (excluding diaryl/α,β-unsaturated/α-hetero) is 1. The highest BCUT2D eigenvalue weighted by atomic mass is 32.2. The Morgan fingerprint density at radius 3 is 2.50 bits per heavy atom. The van der Waals surface area contributed by atoms with Crippen molar-refractivity contribution in [2.75, 3.05) is 0 Å². The molecule has 0 aromatic heterocycles. The lowest BCUT2D eigenvalue weighted by Crippen LogP contribution is -2.37. The highest BCUT2D eigenvalue weighted by molar-refractivity contribution is 7.89. The van der Waals surface area contributed by atoms with Crippen LogP contribution >= 0.6 is 0 Å². The molecular weight excluding hydrogens is 257 g/mol. The molecule has 0 saturated heterocycles. The first-order valence-electron chi connectivity index (χ1n) is 5.77. The largest absolute Gasteiger partial charge is 0.300 e. The van der Waals surface area contributed by atoms with Crippen LogP contribution in [-0.2, 0) is 14.8 Å². The summed E-state index contributed by atoms with van der Waals surface area (Å²) < 4.78 is 39.4. The van der Waals surface area contributed by atoms with Gasteiger partial charge in [0.1, 0.15) is 11.6 Å². The van der Waals surface area contributed by atoms with E-state index < -0.39 is 15.8 Å². The fourth-order valence-electron chi connectivity index (χ4n) is 1.98. The Morgan fingerprint density at radius 2 is 1.89 bits per heavy atom. The zero-order chi connectivity index (χ0) is 13.2. The van der Waals surface area contributed by atoms with E-state index in [1.165, 1.54) is 18.2 Å². The molecule has 98 valence electrons. The van der Waals surface area contributed by atoms with Crippen LogP contribution in [0.5, 0.6) is 0 Å². The second kappa shape index (κ2) is 5.16. The molecule has 0 unspecified atom stereocenters. The second-order valence-electron chi connectivity index (χ2n) is 4.39. The number of carbonyl (C=O) groups is 1. The van der Waals surface area contributed by atoms with Crippen LogP contribution in [0.4, 0.5) is 4.39 Å². The Balaban J connectivity index is 2.10. The summed E-state index contributed by atoms with van der Waals surface area (Å²) in [6.07, 6.45) is 1.81. The summed E-state index contributed by atoms with van der Waals surface area (Å²) in [5.41, 5.74) is 0. The molecule has 0 radical (unpaired) electrons. The molecule has 1 fully saturated rings. The zero-order valence-electron chi connectivity index (χ0n) is 9.73. The fourth-order valence-corrected chi connectivity index (χ4v) is 3.32. The van der Waals surface area contributed by atoms with Crippen LogP contribution in [0.25, 0.3) is 0 Å². The van der Waals surface area contributed by atoms with E-state index in [1.54, 1.807) is 0 Å². The van der Waals surface area contributed by atoms with Crippen molar-refractivity contribution >= 4 is 15.8 Å². The molecule has 1 N–H and O–H groups in total. The van der Waals surface area contributed by atoms with E-state index in [1.807, 2.05) is 0 Å². The molecule has 0 bridgehead atoms. The summed E-state index contributed by atoms with van der Waals surface area (Å²) in [6.45, 7) is 0. The van der Waals surface area contributed by atoms with Crippen molar-refractivity contribution in [3.63, 3.8) is 0 Å². The van der Waals surface area contributed by atoms with Crippen LogP contribution < -0.4 is 4.72 Å². The number of halogens is 1. The highest BCUT2D eigenvalue weighted by Gasteiger charge is 2.24. The van der Waals surface area contributed by atoms with Crippen LogP contribution in [0.15, 0.2) is 29.2 Å². The average molecular weight is 271 g/mol. The maximum atomic E-state index is 13.0. The molecule has 1 aromatic carbocycles. The smallest absolute Gasteiger partial charge is 0.240 e. The molecule has 1 saturated carbocycles. The lowest BCUT2D eigenvalue weighted by molar-refractivity contribution is -0.120. The number of ketones is 1. The summed E-state index contributed by atoms with van der Waals surface area (Å²) in [7, 11) is -3.70. The van der Waals surface area contributed by atoms with Gasteiger partial charge in [0.25, 0.3) is 0 Å². The Kier molecular flexibility index (Phi) is 3.77. The van der Waals surface area contributed by atoms with Gasteiger partial charge in [-0.1, -0.05) is 6.07 Å². The molecule has 0 spiro atoms. The third-order valence-corrected chi connectivity index (χ3v) is 4.49. The predicted molar refractivity (Wildman–Crippen MR) is 64.0 cm³/mol. The van der Waals surface area contributed by atoms with E-state index in [4.69, 9.17) is 0 Å². The number of nitrogens with one attached hydrogen (secondary N) is 1. The summed E-state index contributed by atoms with van der Waals surface area (Å²) in [6, 6.07) is 4.64. The first-order chi connectivity index (χ1) is 8.47. The zero-order valence-corrected chi connectivity index (χ0v) is 10.5. The van der Waals surface area contributed by atoms with E-state index >= 15 is 0 Å². The SMILES string of the molecule is O=C1CCC(NS(=O)(=O)c2cccc(F)c2)CC1. The van der Waals surface area contributed by atoms with Gasteiger partial charge in [0.15, 0.2) is 0 Å². The first-order valence-corrected chi connectivity index (χ1v) is 7.25. The monoisotopic (exact) mass is 271 g/mol. The Labute approximate surface area is 105 Å². The van der Waals surface area contributed by atoms with E-state index in [0.717, 1.165) is 6.07 Å². The summed E-state index contributed by atoms with van der Waals surface area (Å²) >= 11 is 0. The summed E-state index contributed by atoms with van der Waals surface area (Å²) in [5.74, 6) is -0.423. The highest BCUT2D eigenvalue weighted by Crippen LogP contribution is 2.18. The molecule has 2 rings (SSSR count). The second-order valence-corrected chi connectivity index (χ2v) is 6.11. The number of hydrogen-bond donors (Lipinski definition) is 1. The van der Waals surface area contributed by atoms with Gasteiger partial charge < -0.3 is 0 Å². The van der Waals surface area contributed by atoms with Crippen molar-refractivity contribution in [3.8, 4) is 0 Å². The van der Waals surface area contributed by atoms with Crippen molar-refractivity contribution in [3.05, 3.63) is 30.1 Å². The number of hydrogen-bond acceptors (Lipinski definition) is 3. The maximum Gasteiger partial charge on any atom is 0.240 e. The van der Waals surface area contributed by atoms with Crippen molar-refractivity contribution < 1.29 is 17.6 Å². The van der Waals surface area contributed by atoms with Crippen molar-refractivity contribution in [2.24, 2.45) is 0 Å². The van der Waals surface area contributed by atoms with E-state index in [0.29, 0.717) is 25.7 Å². The predicted octanol–water partition coefficient (Wildman–Crippen LogP) is 1.62. The normalized spacial score (nSPS) is 17.9. The minimum Gasteiger partial charge on any atom is -0.300 e. The van der Waals surface area contributed by atoms with Gasteiger partial charge in [-0.2, -0.15) is 0 Å². The van der Waals surface area contributed by atoms with Crippen LogP contribution in [0, 0.1) is 5.82 Å². The first kappa shape index (κ1) is 13.2. The molecule has 0 heterocycles. The van der Waals surface area contributed by atoms with E-state index in [2.05, 4.69) is 4.72 Å². The summed E-state index contributed by atoms with van der Waals surface area (Å²) in [4.78, 5) is 11.0. The molecule has 1 aromatic rings. The number of carbonyl (C=O) groups excluding carboxylic acids is 1. The third kappa shape index (κ3) is 3.14. The van der Waals surface area contributed by atoms with Crippen LogP contribution in [0.1, 0.15) is 25.7 Å².